The van der Waals surface area contributed by atoms with Crippen LogP contribution in [-0.2, 0) is 16.0 Å². The Hall–Kier alpha value is -1.11. The van der Waals surface area contributed by atoms with Gasteiger partial charge in [0.25, 0.3) is 0 Å². The van der Waals surface area contributed by atoms with Crippen LogP contribution in [0.1, 0.15) is 19.8 Å². The van der Waals surface area contributed by atoms with Gasteiger partial charge in [-0.3, -0.25) is 4.68 Å². The van der Waals surface area contributed by atoms with E-state index in [1.165, 1.54) is 0 Å². The predicted octanol–water partition coefficient (Wildman–Crippen LogP) is 0.837. The van der Waals surface area contributed by atoms with Gasteiger partial charge in [-0.1, -0.05) is 6.92 Å². The first-order chi connectivity index (χ1) is 9.24. The van der Waals surface area contributed by atoms with Gasteiger partial charge in [0, 0.05) is 20.1 Å². The molecule has 1 fully saturated rings. The Labute approximate surface area is 113 Å². The second-order valence-electron chi connectivity index (χ2n) is 4.73. The van der Waals surface area contributed by atoms with Crippen LogP contribution in [0.2, 0.25) is 0 Å². The van der Waals surface area contributed by atoms with Gasteiger partial charge in [0.2, 0.25) is 0 Å². The van der Waals surface area contributed by atoms with Crippen molar-refractivity contribution < 1.29 is 19.3 Å². The van der Waals surface area contributed by atoms with E-state index in [1.807, 2.05) is 10.9 Å². The molecular weight excluding hydrogens is 248 g/mol. The Balaban J connectivity index is 1.80. The van der Waals surface area contributed by atoms with E-state index < -0.39 is 6.10 Å². The molecule has 1 N–H and O–H groups in total. The van der Waals surface area contributed by atoms with E-state index in [0.717, 1.165) is 18.7 Å². The van der Waals surface area contributed by atoms with Gasteiger partial charge >= 0.3 is 0 Å². The molecule has 3 unspecified atom stereocenters. The second-order valence-corrected chi connectivity index (χ2v) is 4.73. The minimum atomic E-state index is -0.451. The molecule has 1 aliphatic carbocycles. The van der Waals surface area contributed by atoms with Crippen LogP contribution in [0.3, 0.4) is 0 Å². The van der Waals surface area contributed by atoms with Crippen LogP contribution in [-0.4, -0.2) is 53.5 Å². The van der Waals surface area contributed by atoms with E-state index >= 15 is 0 Å². The van der Waals surface area contributed by atoms with Crippen LogP contribution >= 0.6 is 0 Å². The molecule has 0 saturated heterocycles. The summed E-state index contributed by atoms with van der Waals surface area (Å²) >= 11 is 0. The summed E-state index contributed by atoms with van der Waals surface area (Å²) in [5, 5.41) is 13.9. The standard InChI is InChI=1S/C13H22N2O4/c1-3-4-15-9-10(8-14-15)19-12-7-11(16)13(12)18-6-5-17-2/h8-9,11-13,16H,3-7H2,1-2H3. The highest BCUT2D eigenvalue weighted by atomic mass is 16.6. The highest BCUT2D eigenvalue weighted by Crippen LogP contribution is 2.28. The number of aliphatic hydroxyl groups is 1. The molecule has 0 bridgehead atoms. The van der Waals surface area contributed by atoms with Crippen molar-refractivity contribution in [2.75, 3.05) is 20.3 Å². The Morgan fingerprint density at radius 2 is 2.32 bits per heavy atom. The molecule has 0 radical (unpaired) electrons. The first-order valence-electron chi connectivity index (χ1n) is 6.72. The summed E-state index contributed by atoms with van der Waals surface area (Å²) in [5.41, 5.74) is 0. The van der Waals surface area contributed by atoms with Gasteiger partial charge in [0.1, 0.15) is 12.2 Å². The Morgan fingerprint density at radius 3 is 3.00 bits per heavy atom. The van der Waals surface area contributed by atoms with E-state index in [9.17, 15) is 5.11 Å². The number of aliphatic hydroxyl groups excluding tert-OH is 1. The lowest BCUT2D eigenvalue weighted by molar-refractivity contribution is -0.167. The van der Waals surface area contributed by atoms with Crippen molar-refractivity contribution in [1.82, 2.24) is 9.78 Å². The molecule has 0 amide bonds. The predicted molar refractivity (Wildman–Crippen MR) is 69.2 cm³/mol. The van der Waals surface area contributed by atoms with Crippen LogP contribution in [0.4, 0.5) is 0 Å². The Bertz CT molecular complexity index is 382. The van der Waals surface area contributed by atoms with E-state index in [0.29, 0.717) is 19.6 Å². The highest BCUT2D eigenvalue weighted by Gasteiger charge is 2.43. The lowest BCUT2D eigenvalue weighted by Gasteiger charge is -2.40. The summed E-state index contributed by atoms with van der Waals surface area (Å²) in [6, 6.07) is 0. The topological polar surface area (TPSA) is 65.7 Å². The average molecular weight is 270 g/mol. The largest absolute Gasteiger partial charge is 0.484 e. The van der Waals surface area contributed by atoms with Gasteiger partial charge in [-0.05, 0) is 6.42 Å². The molecular formula is C13H22N2O4. The number of ether oxygens (including phenoxy) is 3. The molecule has 1 aliphatic rings. The minimum absolute atomic E-state index is 0.105. The van der Waals surface area contributed by atoms with Gasteiger partial charge in [-0.2, -0.15) is 5.10 Å². The van der Waals surface area contributed by atoms with Crippen molar-refractivity contribution in [3.8, 4) is 5.75 Å². The summed E-state index contributed by atoms with van der Waals surface area (Å²) in [6.45, 7) is 3.96. The van der Waals surface area contributed by atoms with E-state index in [4.69, 9.17) is 14.2 Å². The molecule has 2 rings (SSSR count). The van der Waals surface area contributed by atoms with Crippen molar-refractivity contribution in [1.29, 1.82) is 0 Å². The molecule has 6 nitrogen and oxygen atoms in total. The Morgan fingerprint density at radius 1 is 1.47 bits per heavy atom. The quantitative estimate of drug-likeness (QED) is 0.709. The number of methoxy groups -OCH3 is 1. The van der Waals surface area contributed by atoms with E-state index in [-0.39, 0.29) is 12.2 Å². The first kappa shape index (κ1) is 14.3. The van der Waals surface area contributed by atoms with Gasteiger partial charge in [0.15, 0.2) is 5.75 Å². The van der Waals surface area contributed by atoms with Crippen LogP contribution in [0.15, 0.2) is 12.4 Å². The summed E-state index contributed by atoms with van der Waals surface area (Å²) in [7, 11) is 1.62. The third-order valence-electron chi connectivity index (χ3n) is 3.17. The summed E-state index contributed by atoms with van der Waals surface area (Å²) in [4.78, 5) is 0. The second kappa shape index (κ2) is 6.88. The average Bonchev–Trinajstić information content (AvgIpc) is 2.82. The molecule has 6 heteroatoms. The molecule has 3 atom stereocenters. The zero-order valence-electron chi connectivity index (χ0n) is 11.5. The molecule has 108 valence electrons. The molecule has 0 spiro atoms. The van der Waals surface area contributed by atoms with E-state index in [1.54, 1.807) is 13.3 Å². The zero-order chi connectivity index (χ0) is 13.7. The number of aromatic nitrogens is 2. The van der Waals surface area contributed by atoms with Crippen LogP contribution in [0.25, 0.3) is 0 Å². The minimum Gasteiger partial charge on any atom is -0.484 e. The van der Waals surface area contributed by atoms with Crippen molar-refractivity contribution in [2.24, 2.45) is 0 Å². The molecule has 0 aliphatic heterocycles. The maximum atomic E-state index is 9.68. The lowest BCUT2D eigenvalue weighted by atomic mass is 9.88. The van der Waals surface area contributed by atoms with Gasteiger partial charge in [-0.15, -0.1) is 0 Å². The fraction of sp³-hybridized carbons (Fsp3) is 0.769. The summed E-state index contributed by atoms with van der Waals surface area (Å²) in [5.74, 6) is 0.727. The van der Waals surface area contributed by atoms with Gasteiger partial charge in [0.05, 0.1) is 31.7 Å². The van der Waals surface area contributed by atoms with Crippen molar-refractivity contribution in [3.05, 3.63) is 12.4 Å². The first-order valence-corrected chi connectivity index (χ1v) is 6.72. The number of hydrogen-bond acceptors (Lipinski definition) is 5. The lowest BCUT2D eigenvalue weighted by Crippen LogP contribution is -2.55. The van der Waals surface area contributed by atoms with Crippen molar-refractivity contribution in [2.45, 2.75) is 44.6 Å². The van der Waals surface area contributed by atoms with Gasteiger partial charge < -0.3 is 19.3 Å². The number of aryl methyl sites for hydroxylation is 1. The maximum absolute atomic E-state index is 9.68. The fourth-order valence-electron chi connectivity index (χ4n) is 2.09. The van der Waals surface area contributed by atoms with Gasteiger partial charge in [-0.25, -0.2) is 0 Å². The highest BCUT2D eigenvalue weighted by molar-refractivity contribution is 5.14. The molecule has 1 heterocycles. The molecule has 1 aromatic rings. The van der Waals surface area contributed by atoms with Crippen LogP contribution in [0.5, 0.6) is 5.75 Å². The SMILES string of the molecule is CCCn1cc(OC2CC(O)C2OCCOC)cn1. The molecule has 0 aromatic carbocycles. The molecule has 1 saturated carbocycles. The fourth-order valence-corrected chi connectivity index (χ4v) is 2.09. The third kappa shape index (κ3) is 3.68. The van der Waals surface area contributed by atoms with Crippen LogP contribution < -0.4 is 4.74 Å². The number of nitrogens with zero attached hydrogens (tertiary/aromatic N) is 2. The van der Waals surface area contributed by atoms with E-state index in [2.05, 4.69) is 12.0 Å². The molecule has 1 aromatic heterocycles. The maximum Gasteiger partial charge on any atom is 0.157 e. The smallest absolute Gasteiger partial charge is 0.157 e. The van der Waals surface area contributed by atoms with Crippen molar-refractivity contribution >= 4 is 0 Å². The van der Waals surface area contributed by atoms with Crippen molar-refractivity contribution in [3.63, 3.8) is 0 Å². The number of rotatable bonds is 8. The Kier molecular flexibility index (Phi) is 5.18. The normalized spacial score (nSPS) is 26.2. The zero-order valence-corrected chi connectivity index (χ0v) is 11.5. The number of hydrogen-bond donors (Lipinski definition) is 1. The monoisotopic (exact) mass is 270 g/mol. The summed E-state index contributed by atoms with van der Waals surface area (Å²) < 4.78 is 18.1. The van der Waals surface area contributed by atoms with Crippen LogP contribution in [0, 0.1) is 0 Å². The summed E-state index contributed by atoms with van der Waals surface area (Å²) in [6.07, 6.45) is 4.37. The third-order valence-corrected chi connectivity index (χ3v) is 3.17. The molecule has 19 heavy (non-hydrogen) atoms.